The Morgan fingerprint density at radius 2 is 1.96 bits per heavy atom. The summed E-state index contributed by atoms with van der Waals surface area (Å²) in [4.78, 5) is 20.7. The Morgan fingerprint density at radius 3 is 2.75 bits per heavy atom. The van der Waals surface area contributed by atoms with E-state index in [1.165, 1.54) is 0 Å². The molecule has 0 atom stereocenters. The number of fused-ring (bicyclic) bond motifs is 1. The molecule has 1 aliphatic heterocycles. The van der Waals surface area contributed by atoms with Crippen molar-refractivity contribution < 1.29 is 4.79 Å². The van der Waals surface area contributed by atoms with Crippen molar-refractivity contribution in [1.82, 2.24) is 9.88 Å². The van der Waals surface area contributed by atoms with Gasteiger partial charge in [-0.2, -0.15) is 0 Å². The predicted octanol–water partition coefficient (Wildman–Crippen LogP) is 3.53. The predicted molar refractivity (Wildman–Crippen MR) is 100 cm³/mol. The van der Waals surface area contributed by atoms with Gasteiger partial charge in [-0.3, -0.25) is 4.79 Å². The van der Waals surface area contributed by atoms with Gasteiger partial charge in [0.1, 0.15) is 0 Å². The van der Waals surface area contributed by atoms with Gasteiger partial charge in [0.15, 0.2) is 11.4 Å². The second kappa shape index (κ2) is 6.34. The number of nitrogens with zero attached hydrogens (tertiary/aromatic N) is 3. The number of carbonyl (C=O) groups is 1. The normalized spacial score (nSPS) is 15.8. The molecule has 5 heteroatoms. The van der Waals surface area contributed by atoms with Crippen molar-refractivity contribution in [2.75, 3.05) is 38.1 Å². The molecular formula is C19H19N3OS. The van der Waals surface area contributed by atoms with Gasteiger partial charge in [0.05, 0.1) is 5.69 Å². The molecule has 0 amide bonds. The van der Waals surface area contributed by atoms with Crippen molar-refractivity contribution in [2.24, 2.45) is 0 Å². The molecule has 4 nitrogen and oxygen atoms in total. The fourth-order valence-electron chi connectivity index (χ4n) is 3.11. The van der Waals surface area contributed by atoms with Crippen LogP contribution in [0.2, 0.25) is 0 Å². The first-order chi connectivity index (χ1) is 11.7. The third-order valence-electron chi connectivity index (χ3n) is 4.60. The first-order valence-electron chi connectivity index (χ1n) is 8.12. The monoisotopic (exact) mass is 337 g/mol. The van der Waals surface area contributed by atoms with Crippen molar-refractivity contribution in [3.8, 4) is 11.3 Å². The average molecular weight is 337 g/mol. The fraction of sp³-hybridized carbons (Fsp3) is 0.263. The molecule has 0 spiro atoms. The maximum absolute atomic E-state index is 11.2. The minimum atomic E-state index is 0.732. The van der Waals surface area contributed by atoms with E-state index in [4.69, 9.17) is 4.98 Å². The molecular weight excluding hydrogens is 318 g/mol. The van der Waals surface area contributed by atoms with Crippen molar-refractivity contribution in [1.29, 1.82) is 0 Å². The van der Waals surface area contributed by atoms with Crippen molar-refractivity contribution >= 4 is 33.5 Å². The zero-order chi connectivity index (χ0) is 16.5. The molecule has 24 heavy (non-hydrogen) atoms. The van der Waals surface area contributed by atoms with Crippen LogP contribution in [0.1, 0.15) is 10.4 Å². The summed E-state index contributed by atoms with van der Waals surface area (Å²) in [6.07, 6.45) is 0.913. The van der Waals surface area contributed by atoms with Crippen LogP contribution in [-0.2, 0) is 0 Å². The van der Waals surface area contributed by atoms with Crippen LogP contribution in [0.5, 0.6) is 0 Å². The molecule has 0 aliphatic carbocycles. The van der Waals surface area contributed by atoms with Crippen LogP contribution in [-0.4, -0.2) is 49.4 Å². The first-order valence-corrected chi connectivity index (χ1v) is 9.00. The molecule has 2 heterocycles. The highest BCUT2D eigenvalue weighted by Gasteiger charge is 2.17. The molecule has 1 aliphatic rings. The average Bonchev–Trinajstić information content (AvgIpc) is 3.11. The first kappa shape index (κ1) is 15.3. The lowest BCUT2D eigenvalue weighted by atomic mass is 10.0. The molecule has 0 saturated carbocycles. The van der Waals surface area contributed by atoms with Crippen molar-refractivity contribution in [2.45, 2.75) is 0 Å². The minimum Gasteiger partial charge on any atom is -0.346 e. The second-order valence-electron chi connectivity index (χ2n) is 6.21. The third kappa shape index (κ3) is 2.81. The summed E-state index contributed by atoms with van der Waals surface area (Å²) in [5, 5.41) is 5.29. The maximum Gasteiger partial charge on any atom is 0.185 e. The van der Waals surface area contributed by atoms with Gasteiger partial charge in [-0.1, -0.05) is 30.3 Å². The molecule has 122 valence electrons. The topological polar surface area (TPSA) is 36.4 Å². The zero-order valence-electron chi connectivity index (χ0n) is 13.6. The van der Waals surface area contributed by atoms with E-state index in [2.05, 4.69) is 34.4 Å². The lowest BCUT2D eigenvalue weighted by molar-refractivity contribution is 0.112. The summed E-state index contributed by atoms with van der Waals surface area (Å²) < 4.78 is 0. The Bertz CT molecular complexity index is 881. The minimum absolute atomic E-state index is 0.732. The molecule has 1 saturated heterocycles. The van der Waals surface area contributed by atoms with Gasteiger partial charge in [0.25, 0.3) is 0 Å². The van der Waals surface area contributed by atoms with E-state index >= 15 is 0 Å². The van der Waals surface area contributed by atoms with E-state index in [-0.39, 0.29) is 0 Å². The lowest BCUT2D eigenvalue weighted by Gasteiger charge is -2.32. The quantitative estimate of drug-likeness (QED) is 0.685. The number of hydrogen-bond acceptors (Lipinski definition) is 5. The standard InChI is InChI=1S/C19H19N3OS/c1-21-7-9-22(10-8-21)19-20-18(13-24-19)15-5-6-17-14(11-15)3-2-4-16(17)12-23/h2-6,11-13H,7-10H2,1H3. The highest BCUT2D eigenvalue weighted by molar-refractivity contribution is 7.14. The third-order valence-corrected chi connectivity index (χ3v) is 5.50. The Morgan fingerprint density at radius 1 is 1.12 bits per heavy atom. The van der Waals surface area contributed by atoms with Gasteiger partial charge >= 0.3 is 0 Å². The van der Waals surface area contributed by atoms with Crippen LogP contribution in [0.15, 0.2) is 41.8 Å². The van der Waals surface area contributed by atoms with E-state index in [0.29, 0.717) is 0 Å². The number of piperazine rings is 1. The lowest BCUT2D eigenvalue weighted by Crippen LogP contribution is -2.44. The van der Waals surface area contributed by atoms with Gasteiger partial charge in [0, 0.05) is 42.7 Å². The highest BCUT2D eigenvalue weighted by atomic mass is 32.1. The van der Waals surface area contributed by atoms with Crippen LogP contribution in [0.3, 0.4) is 0 Å². The summed E-state index contributed by atoms with van der Waals surface area (Å²) in [5.41, 5.74) is 2.84. The second-order valence-corrected chi connectivity index (χ2v) is 7.04. The summed E-state index contributed by atoms with van der Waals surface area (Å²) in [6.45, 7) is 4.23. The molecule has 0 unspecified atom stereocenters. The Hall–Kier alpha value is -2.24. The zero-order valence-corrected chi connectivity index (χ0v) is 14.4. The number of anilines is 1. The van der Waals surface area contributed by atoms with Gasteiger partial charge in [-0.05, 0) is 23.9 Å². The number of thiazole rings is 1. The van der Waals surface area contributed by atoms with Crippen molar-refractivity contribution in [3.05, 3.63) is 47.3 Å². The molecule has 0 N–H and O–H groups in total. The number of rotatable bonds is 3. The van der Waals surface area contributed by atoms with Crippen LogP contribution < -0.4 is 4.90 Å². The largest absolute Gasteiger partial charge is 0.346 e. The van der Waals surface area contributed by atoms with Crippen LogP contribution >= 0.6 is 11.3 Å². The molecule has 4 rings (SSSR count). The van der Waals surface area contributed by atoms with Crippen molar-refractivity contribution in [3.63, 3.8) is 0 Å². The Balaban J connectivity index is 1.64. The SMILES string of the molecule is CN1CCN(c2nc(-c3ccc4c(C=O)cccc4c3)cs2)CC1. The summed E-state index contributed by atoms with van der Waals surface area (Å²) in [5.74, 6) is 0. The van der Waals surface area contributed by atoms with Gasteiger partial charge < -0.3 is 9.80 Å². The van der Waals surface area contributed by atoms with Gasteiger partial charge in [0.2, 0.25) is 0 Å². The Kier molecular flexibility index (Phi) is 4.04. The number of benzene rings is 2. The van der Waals surface area contributed by atoms with Crippen LogP contribution in [0.4, 0.5) is 5.13 Å². The number of carbonyl (C=O) groups excluding carboxylic acids is 1. The Labute approximate surface area is 145 Å². The number of aldehydes is 1. The van der Waals surface area contributed by atoms with Crippen LogP contribution in [0.25, 0.3) is 22.0 Å². The van der Waals surface area contributed by atoms with E-state index in [1.54, 1.807) is 11.3 Å². The number of aromatic nitrogens is 1. The molecule has 0 bridgehead atoms. The number of likely N-dealkylation sites (N-methyl/N-ethyl adjacent to an activating group) is 1. The van der Waals surface area contributed by atoms with E-state index in [0.717, 1.165) is 65.2 Å². The smallest absolute Gasteiger partial charge is 0.185 e. The number of hydrogen-bond donors (Lipinski definition) is 0. The molecule has 3 aromatic rings. The molecule has 1 fully saturated rings. The molecule has 1 aromatic heterocycles. The van der Waals surface area contributed by atoms with Gasteiger partial charge in [-0.25, -0.2) is 4.98 Å². The van der Waals surface area contributed by atoms with Crippen LogP contribution in [0, 0.1) is 0 Å². The summed E-state index contributed by atoms with van der Waals surface area (Å²) in [6, 6.07) is 12.0. The molecule has 0 radical (unpaired) electrons. The highest BCUT2D eigenvalue weighted by Crippen LogP contribution is 2.30. The van der Waals surface area contributed by atoms with Gasteiger partial charge in [-0.15, -0.1) is 11.3 Å². The summed E-state index contributed by atoms with van der Waals surface area (Å²) in [7, 11) is 2.16. The fourth-order valence-corrected chi connectivity index (χ4v) is 4.00. The maximum atomic E-state index is 11.2. The van der Waals surface area contributed by atoms with E-state index < -0.39 is 0 Å². The van der Waals surface area contributed by atoms with E-state index in [1.807, 2.05) is 24.3 Å². The summed E-state index contributed by atoms with van der Waals surface area (Å²) >= 11 is 1.71. The molecule has 2 aromatic carbocycles. The van der Waals surface area contributed by atoms with E-state index in [9.17, 15) is 4.79 Å².